The van der Waals surface area contributed by atoms with E-state index < -0.39 is 7.60 Å². The van der Waals surface area contributed by atoms with Gasteiger partial charge < -0.3 is 14.5 Å². The van der Waals surface area contributed by atoms with Crippen molar-refractivity contribution in [1.82, 2.24) is 0 Å². The molecule has 8 nitrogen and oxygen atoms in total. The summed E-state index contributed by atoms with van der Waals surface area (Å²) in [5.74, 6) is 0. The minimum absolute atomic E-state index is 0.00406. The largest absolute Gasteiger partial charge is 0.379 e. The van der Waals surface area contributed by atoms with Crippen LogP contribution in [-0.4, -0.2) is 42.4 Å². The molecular formula is C21H45O8P. The van der Waals surface area contributed by atoms with Gasteiger partial charge in [-0.05, 0) is 22.9 Å². The predicted octanol–water partition coefficient (Wildman–Crippen LogP) is 5.86. The molecule has 2 N–H and O–H groups in total. The number of unbranched alkanes of at least 4 members (excludes halogenated alkanes) is 13. The van der Waals surface area contributed by atoms with Crippen LogP contribution in [0.4, 0.5) is 0 Å². The molecule has 0 aromatic rings. The van der Waals surface area contributed by atoms with Crippen LogP contribution in [0.25, 0.3) is 0 Å². The van der Waals surface area contributed by atoms with Gasteiger partial charge in [-0.25, -0.2) is 9.78 Å². The molecule has 0 spiro atoms. The smallest absolute Gasteiger partial charge is 0.325 e. The van der Waals surface area contributed by atoms with E-state index in [1.54, 1.807) is 0 Å². The Hall–Kier alpha value is -0.0500. The SMILES string of the molecule is CCCCCCCCCCCCCCCCOCCOOOOCCCP(=O)(O)O. The van der Waals surface area contributed by atoms with Crippen LogP contribution in [0.1, 0.15) is 103 Å². The first kappa shape index (κ1) is 29.9. The van der Waals surface area contributed by atoms with Crippen LogP contribution in [-0.2, 0) is 29.2 Å². The number of hydrogen-bond acceptors (Lipinski definition) is 6. The third-order valence-corrected chi connectivity index (χ3v) is 5.65. The maximum absolute atomic E-state index is 10.6. The first-order valence-corrected chi connectivity index (χ1v) is 13.6. The average molecular weight is 457 g/mol. The van der Waals surface area contributed by atoms with Gasteiger partial charge in [-0.15, -0.1) is 0 Å². The molecule has 0 amide bonds. The fraction of sp³-hybridized carbons (Fsp3) is 1.00. The van der Waals surface area contributed by atoms with Gasteiger partial charge in [0.2, 0.25) is 0 Å². The average Bonchev–Trinajstić information content (AvgIpc) is 2.70. The van der Waals surface area contributed by atoms with Crippen molar-refractivity contribution in [2.45, 2.75) is 103 Å². The lowest BCUT2D eigenvalue weighted by Gasteiger charge is -2.05. The summed E-state index contributed by atoms with van der Waals surface area (Å²) < 4.78 is 16.0. The molecule has 0 saturated carbocycles. The summed E-state index contributed by atoms with van der Waals surface area (Å²) in [5, 5.41) is 8.55. The lowest BCUT2D eigenvalue weighted by atomic mass is 10.0. The lowest BCUT2D eigenvalue weighted by molar-refractivity contribution is -0.634. The van der Waals surface area contributed by atoms with E-state index in [2.05, 4.69) is 26.8 Å². The van der Waals surface area contributed by atoms with Crippen LogP contribution in [0.5, 0.6) is 0 Å². The highest BCUT2D eigenvalue weighted by Gasteiger charge is 2.11. The van der Waals surface area contributed by atoms with E-state index in [9.17, 15) is 4.57 Å². The third kappa shape index (κ3) is 27.9. The zero-order chi connectivity index (χ0) is 22.2. The molecular weight excluding hydrogens is 411 g/mol. The monoisotopic (exact) mass is 456 g/mol. The first-order valence-electron chi connectivity index (χ1n) is 11.8. The molecule has 0 radical (unpaired) electrons. The van der Waals surface area contributed by atoms with Gasteiger partial charge >= 0.3 is 7.60 Å². The quantitative estimate of drug-likeness (QED) is 0.0761. The van der Waals surface area contributed by atoms with Crippen molar-refractivity contribution in [2.24, 2.45) is 0 Å². The molecule has 0 bridgehead atoms. The molecule has 30 heavy (non-hydrogen) atoms. The summed E-state index contributed by atoms with van der Waals surface area (Å²) in [7, 11) is -3.99. The Labute approximate surface area is 182 Å². The van der Waals surface area contributed by atoms with Crippen LogP contribution >= 0.6 is 7.60 Å². The fourth-order valence-electron chi connectivity index (χ4n) is 3.03. The van der Waals surface area contributed by atoms with Gasteiger partial charge in [0.15, 0.2) is 0 Å². The molecule has 0 aromatic heterocycles. The zero-order valence-electron chi connectivity index (χ0n) is 18.9. The summed E-state index contributed by atoms with van der Waals surface area (Å²) in [6, 6.07) is 0. The van der Waals surface area contributed by atoms with Gasteiger partial charge in [0.25, 0.3) is 0 Å². The molecule has 0 aromatic carbocycles. The Balaban J connectivity index is 3.03. The van der Waals surface area contributed by atoms with E-state index in [1.165, 1.54) is 83.5 Å². The summed E-state index contributed by atoms with van der Waals surface area (Å²) >= 11 is 0. The molecule has 0 heterocycles. The number of ether oxygens (including phenoxy) is 1. The van der Waals surface area contributed by atoms with E-state index in [0.29, 0.717) is 13.2 Å². The standard InChI is InChI=1S/C21H45O8P/c1-2-3-4-5-6-7-8-9-10-11-12-13-14-15-17-25-19-20-27-29-28-26-18-16-21-30(22,23)24/h2-21H2,1H3,(H2,22,23,24). The maximum Gasteiger partial charge on any atom is 0.325 e. The molecule has 0 unspecified atom stereocenters. The van der Waals surface area contributed by atoms with Crippen molar-refractivity contribution in [3.8, 4) is 0 Å². The van der Waals surface area contributed by atoms with E-state index in [1.807, 2.05) is 0 Å². The summed E-state index contributed by atoms with van der Waals surface area (Å²) in [6.45, 7) is 3.59. The second-order valence-corrected chi connectivity index (χ2v) is 9.51. The summed E-state index contributed by atoms with van der Waals surface area (Å²) in [6.07, 6.45) is 18.6. The molecule has 182 valence electrons. The van der Waals surface area contributed by atoms with Crippen molar-refractivity contribution < 1.29 is 38.9 Å². The van der Waals surface area contributed by atoms with Crippen LogP contribution in [0.2, 0.25) is 0 Å². The zero-order valence-corrected chi connectivity index (χ0v) is 19.8. The highest BCUT2D eigenvalue weighted by atomic mass is 31.2. The first-order chi connectivity index (χ1) is 14.6. The predicted molar refractivity (Wildman–Crippen MR) is 117 cm³/mol. The minimum Gasteiger partial charge on any atom is -0.379 e. The fourth-order valence-corrected chi connectivity index (χ4v) is 3.57. The molecule has 0 saturated heterocycles. The topological polar surface area (TPSA) is 104 Å². The van der Waals surface area contributed by atoms with Crippen molar-refractivity contribution >= 4 is 7.60 Å². The maximum atomic E-state index is 10.6. The third-order valence-electron chi connectivity index (χ3n) is 4.75. The summed E-state index contributed by atoms with van der Waals surface area (Å²) in [4.78, 5) is 26.5. The van der Waals surface area contributed by atoms with Gasteiger partial charge in [-0.2, -0.15) is 0 Å². The van der Waals surface area contributed by atoms with Crippen molar-refractivity contribution in [3.05, 3.63) is 0 Å². The number of rotatable bonds is 25. The molecule has 0 fully saturated rings. The van der Waals surface area contributed by atoms with Crippen LogP contribution in [0.3, 0.4) is 0 Å². The highest BCUT2D eigenvalue weighted by Crippen LogP contribution is 2.34. The van der Waals surface area contributed by atoms with Gasteiger partial charge in [-0.3, -0.25) is 4.57 Å². The lowest BCUT2D eigenvalue weighted by Crippen LogP contribution is -2.07. The van der Waals surface area contributed by atoms with E-state index in [0.717, 1.165) is 6.42 Å². The highest BCUT2D eigenvalue weighted by molar-refractivity contribution is 7.51. The van der Waals surface area contributed by atoms with E-state index in [4.69, 9.17) is 14.5 Å². The Morgan fingerprint density at radius 1 is 0.567 bits per heavy atom. The normalized spacial score (nSPS) is 12.0. The van der Waals surface area contributed by atoms with E-state index in [-0.39, 0.29) is 25.8 Å². The molecule has 0 aliphatic heterocycles. The molecule has 0 aliphatic rings. The van der Waals surface area contributed by atoms with Gasteiger partial charge in [0.1, 0.15) is 6.61 Å². The van der Waals surface area contributed by atoms with Gasteiger partial charge in [-0.1, -0.05) is 90.4 Å². The van der Waals surface area contributed by atoms with Crippen LogP contribution in [0, 0.1) is 0 Å². The molecule has 9 heteroatoms. The van der Waals surface area contributed by atoms with Crippen molar-refractivity contribution in [2.75, 3.05) is 32.6 Å². The van der Waals surface area contributed by atoms with E-state index >= 15 is 0 Å². The van der Waals surface area contributed by atoms with Crippen molar-refractivity contribution in [3.63, 3.8) is 0 Å². The minimum atomic E-state index is -3.99. The summed E-state index contributed by atoms with van der Waals surface area (Å²) in [5.41, 5.74) is 0. The van der Waals surface area contributed by atoms with Crippen molar-refractivity contribution in [1.29, 1.82) is 0 Å². The molecule has 0 aliphatic carbocycles. The van der Waals surface area contributed by atoms with Crippen LogP contribution in [0.15, 0.2) is 0 Å². The Morgan fingerprint density at radius 2 is 1.03 bits per heavy atom. The Morgan fingerprint density at radius 3 is 1.53 bits per heavy atom. The second kappa shape index (κ2) is 23.6. The van der Waals surface area contributed by atoms with Crippen LogP contribution < -0.4 is 0 Å². The van der Waals surface area contributed by atoms with Gasteiger partial charge in [0, 0.05) is 6.61 Å². The Kier molecular flexibility index (Phi) is 23.6. The second-order valence-electron chi connectivity index (χ2n) is 7.73. The molecule has 0 rings (SSSR count). The molecule has 0 atom stereocenters. The van der Waals surface area contributed by atoms with Gasteiger partial charge in [0.05, 0.1) is 19.4 Å². The number of hydrogen-bond donors (Lipinski definition) is 2. The Bertz CT molecular complexity index is 378.